The Kier molecular flexibility index (Phi) is 10.8. The second-order valence-corrected chi connectivity index (χ2v) is 4.74. The fraction of sp³-hybridized carbons (Fsp3) is 0.400. The van der Waals surface area contributed by atoms with Gasteiger partial charge in [-0.05, 0) is 12.1 Å². The van der Waals surface area contributed by atoms with Crippen LogP contribution in [0.5, 0.6) is 0 Å². The zero-order valence-electron chi connectivity index (χ0n) is 12.3. The lowest BCUT2D eigenvalue weighted by Gasteiger charge is -2.26. The molecule has 2 N–H and O–H groups in total. The number of nitrogens with one attached hydrogen (secondary N) is 2. The van der Waals surface area contributed by atoms with E-state index in [2.05, 4.69) is 15.5 Å². The molecule has 1 saturated heterocycles. The van der Waals surface area contributed by atoms with Crippen molar-refractivity contribution in [1.82, 2.24) is 15.5 Å². The average Bonchev–Trinajstić information content (AvgIpc) is 2.47. The number of carbonyl (C=O) groups excluding carboxylic acids is 1. The van der Waals surface area contributed by atoms with Gasteiger partial charge in [-0.25, -0.2) is 4.39 Å². The number of carbonyl (C=O) groups is 1. The van der Waals surface area contributed by atoms with Crippen LogP contribution in [0.2, 0.25) is 0 Å². The molecule has 1 aliphatic rings. The topological polar surface area (TPSA) is 44.4 Å². The summed E-state index contributed by atoms with van der Waals surface area (Å²) < 4.78 is 13.3. The number of nitrogens with zero attached hydrogens (tertiary/aromatic N) is 1. The van der Waals surface area contributed by atoms with E-state index in [1.54, 1.807) is 18.2 Å². The first-order valence-electron chi connectivity index (χ1n) is 6.89. The monoisotopic (exact) mass is 349 g/mol. The molecular formula is C15H22Cl2FN3O. The molecule has 0 bridgehead atoms. The van der Waals surface area contributed by atoms with Gasteiger partial charge in [-0.1, -0.05) is 18.2 Å². The van der Waals surface area contributed by atoms with Crippen molar-refractivity contribution in [1.29, 1.82) is 0 Å². The summed E-state index contributed by atoms with van der Waals surface area (Å²) in [6.07, 6.45) is 2.87. The molecule has 7 heteroatoms. The Morgan fingerprint density at radius 2 is 1.95 bits per heavy atom. The average molecular weight is 350 g/mol. The summed E-state index contributed by atoms with van der Waals surface area (Å²) in [5, 5.41) is 6.09. The van der Waals surface area contributed by atoms with Gasteiger partial charge in [-0.2, -0.15) is 0 Å². The van der Waals surface area contributed by atoms with E-state index in [1.165, 1.54) is 18.2 Å². The second kappa shape index (κ2) is 11.4. The third-order valence-corrected chi connectivity index (χ3v) is 3.26. The molecule has 124 valence electrons. The Morgan fingerprint density at radius 1 is 1.27 bits per heavy atom. The molecule has 4 nitrogen and oxygen atoms in total. The van der Waals surface area contributed by atoms with Crippen LogP contribution in [0.25, 0.3) is 6.08 Å². The number of benzene rings is 1. The third kappa shape index (κ3) is 7.22. The van der Waals surface area contributed by atoms with Gasteiger partial charge in [0.25, 0.3) is 0 Å². The van der Waals surface area contributed by atoms with Crippen molar-refractivity contribution >= 4 is 36.8 Å². The van der Waals surface area contributed by atoms with E-state index < -0.39 is 0 Å². The summed E-state index contributed by atoms with van der Waals surface area (Å²) in [7, 11) is 0. The molecule has 1 aromatic rings. The van der Waals surface area contributed by atoms with Gasteiger partial charge >= 0.3 is 0 Å². The van der Waals surface area contributed by atoms with E-state index in [0.29, 0.717) is 12.1 Å². The second-order valence-electron chi connectivity index (χ2n) is 4.74. The maximum Gasteiger partial charge on any atom is 0.244 e. The Hall–Kier alpha value is -1.14. The molecule has 22 heavy (non-hydrogen) atoms. The first-order valence-corrected chi connectivity index (χ1v) is 6.89. The van der Waals surface area contributed by atoms with Gasteiger partial charge in [-0.15, -0.1) is 24.8 Å². The van der Waals surface area contributed by atoms with Crippen LogP contribution in [0, 0.1) is 5.82 Å². The van der Waals surface area contributed by atoms with E-state index >= 15 is 0 Å². The summed E-state index contributed by atoms with van der Waals surface area (Å²) in [6, 6.07) is 6.38. The van der Waals surface area contributed by atoms with E-state index in [4.69, 9.17) is 0 Å². The van der Waals surface area contributed by atoms with Crippen molar-refractivity contribution in [2.75, 3.05) is 39.3 Å². The van der Waals surface area contributed by atoms with Crippen LogP contribution < -0.4 is 10.6 Å². The van der Waals surface area contributed by atoms with Gasteiger partial charge in [0.05, 0.1) is 0 Å². The lowest BCUT2D eigenvalue weighted by atomic mass is 10.2. The first kappa shape index (κ1) is 20.9. The summed E-state index contributed by atoms with van der Waals surface area (Å²) >= 11 is 0. The van der Waals surface area contributed by atoms with E-state index in [0.717, 1.165) is 32.7 Å². The minimum absolute atomic E-state index is 0. The molecule has 0 saturated carbocycles. The highest BCUT2D eigenvalue weighted by Crippen LogP contribution is 2.07. The van der Waals surface area contributed by atoms with Crippen molar-refractivity contribution in [3.05, 3.63) is 41.7 Å². The molecule has 0 spiro atoms. The van der Waals surface area contributed by atoms with Crippen LogP contribution in [0.4, 0.5) is 4.39 Å². The van der Waals surface area contributed by atoms with Crippen LogP contribution >= 0.6 is 24.8 Å². The SMILES string of the molecule is Cl.Cl.O=C(/C=C/c1ccccc1F)NCCN1CCNCC1. The summed E-state index contributed by atoms with van der Waals surface area (Å²) in [5.74, 6) is -0.513. The van der Waals surface area contributed by atoms with Crippen LogP contribution in [-0.4, -0.2) is 50.1 Å². The number of hydrogen-bond acceptors (Lipinski definition) is 3. The molecule has 1 fully saturated rings. The van der Waals surface area contributed by atoms with Crippen LogP contribution in [0.15, 0.2) is 30.3 Å². The quantitative estimate of drug-likeness (QED) is 0.795. The molecule has 0 atom stereocenters. The fourth-order valence-electron chi connectivity index (χ4n) is 2.11. The highest BCUT2D eigenvalue weighted by atomic mass is 35.5. The summed E-state index contributed by atoms with van der Waals surface area (Å²) in [4.78, 5) is 13.9. The number of hydrogen-bond donors (Lipinski definition) is 2. The first-order chi connectivity index (χ1) is 9.75. The summed E-state index contributed by atoms with van der Waals surface area (Å²) in [6.45, 7) is 5.49. The van der Waals surface area contributed by atoms with Gasteiger partial charge in [0.1, 0.15) is 5.82 Å². The van der Waals surface area contributed by atoms with Gasteiger partial charge < -0.3 is 10.6 Å². The van der Waals surface area contributed by atoms with E-state index in [1.807, 2.05) is 0 Å². The molecule has 2 rings (SSSR count). The fourth-order valence-corrected chi connectivity index (χ4v) is 2.11. The normalized spacial score (nSPS) is 15.0. The number of rotatable bonds is 5. The Balaban J connectivity index is 0.00000220. The molecule has 1 heterocycles. The summed E-state index contributed by atoms with van der Waals surface area (Å²) in [5.41, 5.74) is 0.421. The van der Waals surface area contributed by atoms with Crippen LogP contribution in [0.3, 0.4) is 0 Å². The smallest absolute Gasteiger partial charge is 0.244 e. The molecule has 0 unspecified atom stereocenters. The lowest BCUT2D eigenvalue weighted by molar-refractivity contribution is -0.116. The number of amides is 1. The third-order valence-electron chi connectivity index (χ3n) is 3.26. The van der Waals surface area contributed by atoms with Crippen molar-refractivity contribution < 1.29 is 9.18 Å². The predicted octanol–water partition coefficient (Wildman–Crippen LogP) is 1.70. The molecule has 1 aliphatic heterocycles. The molecule has 0 aromatic heterocycles. The maximum atomic E-state index is 13.3. The predicted molar refractivity (Wildman–Crippen MR) is 92.2 cm³/mol. The molecule has 0 radical (unpaired) electrons. The van der Waals surface area contributed by atoms with Crippen LogP contribution in [-0.2, 0) is 4.79 Å². The van der Waals surface area contributed by atoms with Crippen molar-refractivity contribution in [3.8, 4) is 0 Å². The highest BCUT2D eigenvalue weighted by molar-refractivity contribution is 5.91. The van der Waals surface area contributed by atoms with Crippen molar-refractivity contribution in [3.63, 3.8) is 0 Å². The highest BCUT2D eigenvalue weighted by Gasteiger charge is 2.08. The Labute approximate surface area is 143 Å². The lowest BCUT2D eigenvalue weighted by Crippen LogP contribution is -2.46. The standard InChI is InChI=1S/C15H20FN3O.2ClH/c16-14-4-2-1-3-13(14)5-6-15(20)18-9-12-19-10-7-17-8-11-19;;/h1-6,17H,7-12H2,(H,18,20);2*1H/b6-5+;;. The number of piperazine rings is 1. The van der Waals surface area contributed by atoms with Gasteiger partial charge in [0.2, 0.25) is 5.91 Å². The van der Waals surface area contributed by atoms with E-state index in [9.17, 15) is 9.18 Å². The minimum Gasteiger partial charge on any atom is -0.351 e. The van der Waals surface area contributed by atoms with E-state index in [-0.39, 0.29) is 36.5 Å². The largest absolute Gasteiger partial charge is 0.351 e. The van der Waals surface area contributed by atoms with Gasteiger partial charge in [0.15, 0.2) is 0 Å². The van der Waals surface area contributed by atoms with Crippen LogP contribution in [0.1, 0.15) is 5.56 Å². The van der Waals surface area contributed by atoms with Gasteiger partial charge in [-0.3, -0.25) is 9.69 Å². The molecular weight excluding hydrogens is 328 g/mol. The zero-order chi connectivity index (χ0) is 14.2. The Morgan fingerprint density at radius 3 is 2.64 bits per heavy atom. The molecule has 1 aromatic carbocycles. The molecule has 1 amide bonds. The van der Waals surface area contributed by atoms with Crippen molar-refractivity contribution in [2.24, 2.45) is 0 Å². The van der Waals surface area contributed by atoms with Crippen molar-refractivity contribution in [2.45, 2.75) is 0 Å². The van der Waals surface area contributed by atoms with Gasteiger partial charge in [0, 0.05) is 50.9 Å². The molecule has 0 aliphatic carbocycles. The Bertz CT molecular complexity index is 480. The maximum absolute atomic E-state index is 13.3. The number of halogens is 3. The minimum atomic E-state index is -0.322. The zero-order valence-corrected chi connectivity index (χ0v) is 13.9.